The van der Waals surface area contributed by atoms with E-state index in [2.05, 4.69) is 49.5 Å². The van der Waals surface area contributed by atoms with E-state index in [0.717, 1.165) is 16.8 Å². The zero-order valence-corrected chi connectivity index (χ0v) is 16.1. The number of carbonyl (C=O) groups excluding carboxylic acids is 1. The minimum Gasteiger partial charge on any atom is -0.340 e. The Morgan fingerprint density at radius 2 is 2.00 bits per heavy atom. The van der Waals surface area contributed by atoms with Crippen molar-refractivity contribution in [1.82, 2.24) is 29.7 Å². The molecule has 0 radical (unpaired) electrons. The molecule has 1 atom stereocenters. The Hall–Kier alpha value is -3.20. The number of aromatic nitrogens is 6. The second kappa shape index (κ2) is 6.45. The van der Waals surface area contributed by atoms with Gasteiger partial charge in [-0.1, -0.05) is 12.1 Å². The summed E-state index contributed by atoms with van der Waals surface area (Å²) in [4.78, 5) is 29.5. The molecule has 8 nitrogen and oxygen atoms in total. The lowest BCUT2D eigenvalue weighted by Gasteiger charge is -2.24. The SMILES string of the molecule is CSc1ccc([C@@H]2CC(=O)Nc3c2c(C)nn3-c2ncnc3nc[nH]c23)cc1. The maximum absolute atomic E-state index is 12.5. The molecule has 0 saturated heterocycles. The smallest absolute Gasteiger partial charge is 0.226 e. The van der Waals surface area contributed by atoms with Crippen molar-refractivity contribution in [3.63, 3.8) is 0 Å². The number of thioether (sulfide) groups is 1. The first kappa shape index (κ1) is 16.9. The van der Waals surface area contributed by atoms with E-state index in [9.17, 15) is 4.79 Å². The molecule has 1 aliphatic heterocycles. The van der Waals surface area contributed by atoms with Gasteiger partial charge in [-0.25, -0.2) is 15.0 Å². The van der Waals surface area contributed by atoms with Crippen LogP contribution in [0.25, 0.3) is 17.0 Å². The summed E-state index contributed by atoms with van der Waals surface area (Å²) in [6, 6.07) is 8.36. The number of rotatable bonds is 3. The van der Waals surface area contributed by atoms with Gasteiger partial charge in [0.2, 0.25) is 5.91 Å². The van der Waals surface area contributed by atoms with Gasteiger partial charge in [0, 0.05) is 22.8 Å². The Kier molecular flexibility index (Phi) is 3.90. The number of aromatic amines is 1. The van der Waals surface area contributed by atoms with Crippen molar-refractivity contribution in [1.29, 1.82) is 0 Å². The third-order valence-corrected chi connectivity index (χ3v) is 5.77. The van der Waals surface area contributed by atoms with E-state index in [1.165, 1.54) is 11.2 Å². The molecule has 4 aromatic rings. The maximum atomic E-state index is 12.5. The number of aryl methyl sites for hydroxylation is 1. The fraction of sp³-hybridized carbons (Fsp3) is 0.211. The van der Waals surface area contributed by atoms with Gasteiger partial charge in [-0.3, -0.25) is 4.79 Å². The summed E-state index contributed by atoms with van der Waals surface area (Å²) >= 11 is 1.70. The number of hydrogen-bond donors (Lipinski definition) is 2. The van der Waals surface area contributed by atoms with Crippen LogP contribution in [0.3, 0.4) is 0 Å². The molecular formula is C19H17N7OS. The van der Waals surface area contributed by atoms with Crippen LogP contribution in [0.4, 0.5) is 5.82 Å². The number of imidazole rings is 1. The third-order valence-electron chi connectivity index (χ3n) is 5.02. The number of benzene rings is 1. The minimum absolute atomic E-state index is 0.0393. The van der Waals surface area contributed by atoms with E-state index in [1.54, 1.807) is 22.8 Å². The van der Waals surface area contributed by atoms with Gasteiger partial charge >= 0.3 is 0 Å². The van der Waals surface area contributed by atoms with Gasteiger partial charge in [0.15, 0.2) is 11.5 Å². The highest BCUT2D eigenvalue weighted by Crippen LogP contribution is 2.40. The Balaban J connectivity index is 1.68. The molecule has 3 aromatic heterocycles. The van der Waals surface area contributed by atoms with E-state index >= 15 is 0 Å². The summed E-state index contributed by atoms with van der Waals surface area (Å²) in [7, 11) is 0. The average molecular weight is 391 g/mol. The standard InChI is InChI=1S/C19H17N7OS/c1-10-15-13(11-3-5-12(28-2)6-4-11)7-14(27)24-18(15)26(25-10)19-16-17(21-8-20-16)22-9-23-19/h3-6,8-9,13H,7H2,1-2H3,(H,24,27)(H,20,21,22,23)/t13-/m0/s1. The number of amides is 1. The quantitative estimate of drug-likeness (QED) is 0.521. The van der Waals surface area contributed by atoms with Crippen LogP contribution in [0.2, 0.25) is 0 Å². The molecule has 0 saturated carbocycles. The van der Waals surface area contributed by atoms with Gasteiger partial charge in [0.25, 0.3) is 0 Å². The van der Waals surface area contributed by atoms with Gasteiger partial charge in [0.1, 0.15) is 17.7 Å². The van der Waals surface area contributed by atoms with Crippen molar-refractivity contribution in [3.05, 3.63) is 53.7 Å². The first-order chi connectivity index (χ1) is 13.7. The van der Waals surface area contributed by atoms with Crippen molar-refractivity contribution in [2.45, 2.75) is 24.2 Å². The number of nitrogens with one attached hydrogen (secondary N) is 2. The highest BCUT2D eigenvalue weighted by molar-refractivity contribution is 7.98. The molecule has 1 amide bonds. The molecule has 4 heterocycles. The van der Waals surface area contributed by atoms with Crippen molar-refractivity contribution < 1.29 is 4.79 Å². The van der Waals surface area contributed by atoms with Crippen molar-refractivity contribution in [2.24, 2.45) is 0 Å². The number of hydrogen-bond acceptors (Lipinski definition) is 6. The molecule has 28 heavy (non-hydrogen) atoms. The number of fused-ring (bicyclic) bond motifs is 2. The minimum atomic E-state index is -0.0486. The zero-order valence-electron chi connectivity index (χ0n) is 15.3. The van der Waals surface area contributed by atoms with Crippen LogP contribution in [-0.2, 0) is 4.79 Å². The molecule has 1 aromatic carbocycles. The normalized spacial score (nSPS) is 16.2. The van der Waals surface area contributed by atoms with Crippen LogP contribution in [0, 0.1) is 6.92 Å². The van der Waals surface area contributed by atoms with Crippen LogP contribution in [-0.4, -0.2) is 41.9 Å². The Bertz CT molecular complexity index is 1190. The van der Waals surface area contributed by atoms with E-state index < -0.39 is 0 Å². The third kappa shape index (κ3) is 2.58. The maximum Gasteiger partial charge on any atom is 0.226 e. The second-order valence-electron chi connectivity index (χ2n) is 6.64. The van der Waals surface area contributed by atoms with Gasteiger partial charge < -0.3 is 10.3 Å². The van der Waals surface area contributed by atoms with Gasteiger partial charge in [-0.2, -0.15) is 9.78 Å². The fourth-order valence-electron chi connectivity index (χ4n) is 3.73. The van der Waals surface area contributed by atoms with Gasteiger partial charge in [0.05, 0.1) is 12.0 Å². The first-order valence-corrected chi connectivity index (χ1v) is 10.1. The van der Waals surface area contributed by atoms with Crippen LogP contribution in [0.15, 0.2) is 41.8 Å². The van der Waals surface area contributed by atoms with Crippen LogP contribution in [0.5, 0.6) is 0 Å². The van der Waals surface area contributed by atoms with Crippen molar-refractivity contribution >= 4 is 34.7 Å². The molecule has 5 rings (SSSR count). The molecule has 1 aliphatic rings. The number of carbonyl (C=O) groups is 1. The topological polar surface area (TPSA) is 101 Å². The van der Waals surface area contributed by atoms with Gasteiger partial charge in [-0.15, -0.1) is 11.8 Å². The zero-order chi connectivity index (χ0) is 19.3. The molecule has 0 unspecified atom stereocenters. The van der Waals surface area contributed by atoms with Crippen LogP contribution < -0.4 is 5.32 Å². The average Bonchev–Trinajstić information content (AvgIpc) is 3.32. The van der Waals surface area contributed by atoms with Crippen LogP contribution in [0.1, 0.15) is 29.2 Å². The lowest BCUT2D eigenvalue weighted by molar-refractivity contribution is -0.116. The number of H-pyrrole nitrogens is 1. The summed E-state index contributed by atoms with van der Waals surface area (Å²) < 4.78 is 1.67. The molecule has 140 valence electrons. The van der Waals surface area contributed by atoms with Crippen molar-refractivity contribution in [2.75, 3.05) is 11.6 Å². The molecule has 0 aliphatic carbocycles. The van der Waals surface area contributed by atoms with Gasteiger partial charge in [-0.05, 0) is 30.9 Å². The second-order valence-corrected chi connectivity index (χ2v) is 7.52. The highest BCUT2D eigenvalue weighted by Gasteiger charge is 2.33. The Morgan fingerprint density at radius 1 is 1.18 bits per heavy atom. The molecule has 0 spiro atoms. The molecule has 0 fully saturated rings. The van der Waals surface area contributed by atoms with E-state index in [0.29, 0.717) is 29.2 Å². The lowest BCUT2D eigenvalue weighted by atomic mass is 9.86. The van der Waals surface area contributed by atoms with Crippen LogP contribution >= 0.6 is 11.8 Å². The largest absolute Gasteiger partial charge is 0.340 e. The summed E-state index contributed by atoms with van der Waals surface area (Å²) in [5.41, 5.74) is 4.21. The summed E-state index contributed by atoms with van der Waals surface area (Å²) in [5, 5.41) is 7.69. The summed E-state index contributed by atoms with van der Waals surface area (Å²) in [5.74, 6) is 1.13. The number of anilines is 1. The Morgan fingerprint density at radius 3 is 2.79 bits per heavy atom. The summed E-state index contributed by atoms with van der Waals surface area (Å²) in [6.07, 6.45) is 5.46. The predicted octanol–water partition coefficient (Wildman–Crippen LogP) is 3.04. The summed E-state index contributed by atoms with van der Waals surface area (Å²) in [6.45, 7) is 1.96. The van der Waals surface area contributed by atoms with E-state index in [1.807, 2.05) is 13.2 Å². The monoisotopic (exact) mass is 391 g/mol. The first-order valence-electron chi connectivity index (χ1n) is 8.83. The molecule has 9 heteroatoms. The lowest BCUT2D eigenvalue weighted by Crippen LogP contribution is -2.25. The van der Waals surface area contributed by atoms with E-state index in [-0.39, 0.29) is 11.8 Å². The highest BCUT2D eigenvalue weighted by atomic mass is 32.2. The molecular weight excluding hydrogens is 374 g/mol. The molecule has 0 bridgehead atoms. The number of nitrogens with zero attached hydrogens (tertiary/aromatic N) is 5. The van der Waals surface area contributed by atoms with Crippen molar-refractivity contribution in [3.8, 4) is 5.82 Å². The molecule has 2 N–H and O–H groups in total. The Labute approximate surface area is 164 Å². The predicted molar refractivity (Wildman–Crippen MR) is 107 cm³/mol. The fourth-order valence-corrected chi connectivity index (χ4v) is 4.14. The van der Waals surface area contributed by atoms with E-state index in [4.69, 9.17) is 5.10 Å².